The van der Waals surface area contributed by atoms with E-state index < -0.39 is 20.4 Å². The maximum absolute atomic E-state index is 9.72. The highest BCUT2D eigenvalue weighted by Crippen LogP contribution is 2.43. The molecule has 0 aliphatic carbocycles. The molecule has 0 saturated carbocycles. The average Bonchev–Trinajstić information content (AvgIpc) is 3.21. The first-order chi connectivity index (χ1) is 15.2. The van der Waals surface area contributed by atoms with Crippen molar-refractivity contribution in [2.75, 3.05) is 13.2 Å². The largest absolute Gasteiger partial charge is 0.405 e. The van der Waals surface area contributed by atoms with Crippen molar-refractivity contribution in [2.24, 2.45) is 5.92 Å². The van der Waals surface area contributed by atoms with Crippen LogP contribution in [0.4, 0.5) is 0 Å². The number of aliphatic hydroxyl groups is 1. The Morgan fingerprint density at radius 1 is 0.938 bits per heavy atom. The van der Waals surface area contributed by atoms with Gasteiger partial charge in [-0.3, -0.25) is 0 Å². The lowest BCUT2D eigenvalue weighted by molar-refractivity contribution is -0.213. The fourth-order valence-electron chi connectivity index (χ4n) is 5.27. The van der Waals surface area contributed by atoms with Crippen LogP contribution in [0.5, 0.6) is 0 Å². The van der Waals surface area contributed by atoms with E-state index in [2.05, 4.69) is 69.3 Å². The topological polar surface area (TPSA) is 57.2 Å². The van der Waals surface area contributed by atoms with Crippen LogP contribution in [0, 0.1) is 5.92 Å². The van der Waals surface area contributed by atoms with Gasteiger partial charge in [0.25, 0.3) is 8.32 Å². The molecule has 0 spiro atoms. The van der Waals surface area contributed by atoms with Crippen molar-refractivity contribution in [1.29, 1.82) is 0 Å². The maximum Gasteiger partial charge on any atom is 0.261 e. The molecule has 2 heterocycles. The van der Waals surface area contributed by atoms with Gasteiger partial charge in [-0.2, -0.15) is 0 Å². The molecular formula is C26H36O5Si. The second-order valence-corrected chi connectivity index (χ2v) is 14.6. The van der Waals surface area contributed by atoms with E-state index in [1.54, 1.807) is 0 Å². The van der Waals surface area contributed by atoms with Gasteiger partial charge in [0.1, 0.15) is 6.10 Å². The summed E-state index contributed by atoms with van der Waals surface area (Å²) in [6, 6.07) is 21.2. The fourth-order valence-corrected chi connectivity index (χ4v) is 9.84. The van der Waals surface area contributed by atoms with Gasteiger partial charge in [0, 0.05) is 12.5 Å². The normalized spacial score (nSPS) is 27.4. The van der Waals surface area contributed by atoms with E-state index in [0.717, 1.165) is 0 Å². The van der Waals surface area contributed by atoms with Gasteiger partial charge < -0.3 is 23.7 Å². The minimum atomic E-state index is -2.66. The Bertz CT molecular complexity index is 841. The number of ether oxygens (including phenoxy) is 3. The molecule has 2 aromatic rings. The predicted molar refractivity (Wildman–Crippen MR) is 127 cm³/mol. The lowest BCUT2D eigenvalue weighted by atomic mass is 9.95. The van der Waals surface area contributed by atoms with Gasteiger partial charge in [0.2, 0.25) is 0 Å². The van der Waals surface area contributed by atoms with Crippen LogP contribution in [0.2, 0.25) is 5.04 Å². The summed E-state index contributed by atoms with van der Waals surface area (Å²) in [5, 5.41) is 12.1. The lowest BCUT2D eigenvalue weighted by Crippen LogP contribution is -2.67. The van der Waals surface area contributed by atoms with Crippen molar-refractivity contribution in [2.45, 2.75) is 70.4 Å². The monoisotopic (exact) mass is 456 g/mol. The molecular weight excluding hydrogens is 420 g/mol. The quantitative estimate of drug-likeness (QED) is 0.647. The van der Waals surface area contributed by atoms with Crippen molar-refractivity contribution >= 4 is 18.7 Å². The summed E-state index contributed by atoms with van der Waals surface area (Å²) in [5.41, 5.74) is 0. The zero-order valence-corrected chi connectivity index (χ0v) is 20.8. The molecule has 2 saturated heterocycles. The third-order valence-electron chi connectivity index (χ3n) is 6.64. The summed E-state index contributed by atoms with van der Waals surface area (Å²) >= 11 is 0. The number of benzene rings is 2. The smallest absolute Gasteiger partial charge is 0.261 e. The highest BCUT2D eigenvalue weighted by atomic mass is 28.4. The number of aliphatic hydroxyl groups excluding tert-OH is 1. The van der Waals surface area contributed by atoms with Crippen LogP contribution in [-0.2, 0) is 18.6 Å². The third-order valence-corrected chi connectivity index (χ3v) is 11.6. The van der Waals surface area contributed by atoms with Gasteiger partial charge in [0.15, 0.2) is 12.1 Å². The molecule has 0 unspecified atom stereocenters. The second kappa shape index (κ2) is 9.01. The minimum absolute atomic E-state index is 0.0185. The lowest BCUT2D eigenvalue weighted by Gasteiger charge is -2.43. The van der Waals surface area contributed by atoms with Gasteiger partial charge in [-0.1, -0.05) is 81.4 Å². The Kier molecular flexibility index (Phi) is 6.65. The Morgan fingerprint density at radius 3 is 2.00 bits per heavy atom. The van der Waals surface area contributed by atoms with Gasteiger partial charge >= 0.3 is 0 Å². The van der Waals surface area contributed by atoms with E-state index in [1.165, 1.54) is 10.4 Å². The number of fused-ring (bicyclic) bond motifs is 1. The molecule has 0 bridgehead atoms. The Hall–Kier alpha value is -1.54. The first kappa shape index (κ1) is 23.6. The van der Waals surface area contributed by atoms with Crippen LogP contribution in [0.25, 0.3) is 0 Å². The van der Waals surface area contributed by atoms with Crippen molar-refractivity contribution in [1.82, 2.24) is 0 Å². The first-order valence-electron chi connectivity index (χ1n) is 11.5. The molecule has 0 radical (unpaired) electrons. The summed E-state index contributed by atoms with van der Waals surface area (Å²) in [7, 11) is -2.66. The van der Waals surface area contributed by atoms with Crippen LogP contribution >= 0.6 is 0 Å². The minimum Gasteiger partial charge on any atom is -0.405 e. The molecule has 5 nitrogen and oxygen atoms in total. The van der Waals surface area contributed by atoms with Gasteiger partial charge in [-0.05, 0) is 35.7 Å². The molecule has 2 aliphatic rings. The van der Waals surface area contributed by atoms with Gasteiger partial charge in [0.05, 0.1) is 12.7 Å². The standard InChI is InChI=1S/C26H36O5Si/c1-25(2,3)32(19-12-8-6-9-13-19,20-14-10-7-11-15-20)28-18-22-21(16-17-27)23-24(29-22)31-26(4,5)30-23/h6-15,21-24,27H,16-18H2,1-5H3/t21-,22-,23-,24-/m0/s1. The summed E-state index contributed by atoms with van der Waals surface area (Å²) in [6.45, 7) is 11.1. The number of hydrogen-bond donors (Lipinski definition) is 1. The van der Waals surface area contributed by atoms with Gasteiger partial charge in [-0.25, -0.2) is 0 Å². The van der Waals surface area contributed by atoms with Crippen LogP contribution < -0.4 is 10.4 Å². The molecule has 2 aromatic carbocycles. The fraction of sp³-hybridized carbons (Fsp3) is 0.538. The number of rotatable bonds is 7. The first-order valence-corrected chi connectivity index (χ1v) is 13.5. The molecule has 174 valence electrons. The second-order valence-electron chi connectivity index (χ2n) is 10.3. The van der Waals surface area contributed by atoms with Crippen molar-refractivity contribution in [3.63, 3.8) is 0 Å². The number of hydrogen-bond acceptors (Lipinski definition) is 5. The Balaban J connectivity index is 1.67. The van der Waals surface area contributed by atoms with Gasteiger partial charge in [-0.15, -0.1) is 0 Å². The van der Waals surface area contributed by atoms with E-state index in [9.17, 15) is 5.11 Å². The molecule has 4 atom stereocenters. The molecule has 2 aliphatic heterocycles. The van der Waals surface area contributed by atoms with Crippen molar-refractivity contribution in [3.05, 3.63) is 60.7 Å². The molecule has 2 fully saturated rings. The summed E-state index contributed by atoms with van der Waals surface area (Å²) in [5.74, 6) is -0.655. The van der Waals surface area contributed by atoms with Crippen LogP contribution in [0.3, 0.4) is 0 Å². The molecule has 0 aromatic heterocycles. The SMILES string of the molecule is CC1(C)O[C@@H]2O[C@@H](CO[Si](c3ccccc3)(c3ccccc3)C(C)(C)C)[C@H](CCO)[C@@H]2O1. The molecule has 6 heteroatoms. The van der Waals surface area contributed by atoms with Crippen molar-refractivity contribution in [3.8, 4) is 0 Å². The molecule has 0 amide bonds. The molecule has 32 heavy (non-hydrogen) atoms. The summed E-state index contributed by atoms with van der Waals surface area (Å²) < 4.78 is 25.5. The Morgan fingerprint density at radius 2 is 1.50 bits per heavy atom. The van der Waals surface area contributed by atoms with E-state index in [4.69, 9.17) is 18.6 Å². The maximum atomic E-state index is 9.72. The van der Waals surface area contributed by atoms with Crippen LogP contribution in [0.15, 0.2) is 60.7 Å². The Labute approximate surface area is 192 Å². The average molecular weight is 457 g/mol. The molecule has 4 rings (SSSR count). The predicted octanol–water partition coefficient (Wildman–Crippen LogP) is 3.44. The van der Waals surface area contributed by atoms with E-state index >= 15 is 0 Å². The van der Waals surface area contributed by atoms with E-state index in [0.29, 0.717) is 13.0 Å². The summed E-state index contributed by atoms with van der Waals surface area (Å²) in [4.78, 5) is 0. The third kappa shape index (κ3) is 4.32. The highest BCUT2D eigenvalue weighted by Gasteiger charge is 2.56. The van der Waals surface area contributed by atoms with Crippen LogP contribution in [0.1, 0.15) is 41.0 Å². The van der Waals surface area contributed by atoms with E-state index in [1.807, 2.05) is 26.0 Å². The van der Waals surface area contributed by atoms with Crippen molar-refractivity contribution < 1.29 is 23.7 Å². The zero-order valence-electron chi connectivity index (χ0n) is 19.8. The molecule has 1 N–H and O–H groups in total. The highest BCUT2D eigenvalue weighted by molar-refractivity contribution is 6.99. The van der Waals surface area contributed by atoms with E-state index in [-0.39, 0.29) is 29.8 Å². The zero-order chi connectivity index (χ0) is 23.0. The summed E-state index contributed by atoms with van der Waals surface area (Å²) in [6.07, 6.45) is -0.218. The van der Waals surface area contributed by atoms with Crippen LogP contribution in [-0.4, -0.2) is 50.9 Å².